The van der Waals surface area contributed by atoms with Gasteiger partial charge < -0.3 is 9.88 Å². The molecule has 3 aliphatic rings. The average molecular weight is 912 g/mol. The molecule has 3 heterocycles. The summed E-state index contributed by atoms with van der Waals surface area (Å²) in [6.45, 7) is 32.9. The highest BCUT2D eigenvalue weighted by molar-refractivity contribution is 8.05. The predicted molar refractivity (Wildman–Crippen MR) is 293 cm³/mol. The largest absolute Gasteiger partial charge is 0.355 e. The van der Waals surface area contributed by atoms with Gasteiger partial charge in [0.1, 0.15) is 0 Å². The fourth-order valence-corrected chi connectivity index (χ4v) is 13.8. The van der Waals surface area contributed by atoms with Gasteiger partial charge in [0.05, 0.1) is 5.52 Å². The van der Waals surface area contributed by atoms with E-state index in [-0.39, 0.29) is 21.7 Å². The van der Waals surface area contributed by atoms with Gasteiger partial charge in [-0.05, 0) is 184 Å². The number of aromatic nitrogens is 1. The smallest absolute Gasteiger partial charge is 0.197 e. The van der Waals surface area contributed by atoms with Crippen LogP contribution in [0.2, 0.25) is 0 Å². The van der Waals surface area contributed by atoms with E-state index in [0.29, 0.717) is 0 Å². The molecular formula is C62H64BN2S2. The molecule has 0 fully saturated rings. The van der Waals surface area contributed by atoms with Crippen molar-refractivity contribution in [2.45, 2.75) is 151 Å². The summed E-state index contributed by atoms with van der Waals surface area (Å²) in [4.78, 5) is 5.22. The van der Waals surface area contributed by atoms with E-state index in [0.717, 1.165) is 5.69 Å². The zero-order chi connectivity index (χ0) is 47.3. The standard InChI is InChI=1S/C62H64BN2S2/c1-34-23-36(3)56(37(4)24-34)38-26-43(57-51(27-38)65-50-20-19-39(59(5,6)7)28-42(50)44-29-40(60(8,9)10)30-47(63-57)58(44)65)41-31-54-55(67-53-18-16-15-17-52(53)66-54)33-49(41)64-48-32-46-45(25-35(48)2)61(11,12)21-22-62(46,13)14/h15-20,23-33,64H,21-22H2,1-14H3. The lowest BCUT2D eigenvalue weighted by atomic mass is 9.58. The second-order valence-corrected chi connectivity index (χ2v) is 25.7. The average Bonchev–Trinajstić information content (AvgIpc) is 3.58. The molecule has 7 aromatic carbocycles. The molecule has 0 bridgehead atoms. The van der Waals surface area contributed by atoms with Crippen molar-refractivity contribution in [3.8, 4) is 27.9 Å². The highest BCUT2D eigenvalue weighted by atomic mass is 32.2. The van der Waals surface area contributed by atoms with Crippen LogP contribution in [0.5, 0.6) is 0 Å². The minimum Gasteiger partial charge on any atom is -0.355 e. The van der Waals surface area contributed by atoms with E-state index in [1.54, 1.807) is 0 Å². The van der Waals surface area contributed by atoms with Crippen molar-refractivity contribution >= 4 is 74.9 Å². The van der Waals surface area contributed by atoms with Crippen molar-refractivity contribution in [1.29, 1.82) is 0 Å². The lowest BCUT2D eigenvalue weighted by Gasteiger charge is -2.42. The van der Waals surface area contributed by atoms with E-state index in [4.69, 9.17) is 0 Å². The van der Waals surface area contributed by atoms with Gasteiger partial charge in [-0.15, -0.1) is 0 Å². The SMILES string of the molecule is Cc1cc(C)c(-c2cc(-c3cc4c(cc3Nc3cc5c(cc3C)C(C)(C)CCC5(C)C)Sc3ccccc3S4)c3c(c2)-n2c4ccc(C(C)(C)C)cc4c4cc(C(C)(C)C)cc(c42)[B]3)c(C)c1. The monoisotopic (exact) mass is 911 g/mol. The first kappa shape index (κ1) is 44.4. The van der Waals surface area contributed by atoms with Crippen LogP contribution in [0.1, 0.15) is 127 Å². The lowest BCUT2D eigenvalue weighted by molar-refractivity contribution is 0.332. The van der Waals surface area contributed by atoms with Crippen LogP contribution in [0.3, 0.4) is 0 Å². The molecule has 11 rings (SSSR count). The van der Waals surface area contributed by atoms with Gasteiger partial charge in [0.2, 0.25) is 0 Å². The Labute approximate surface area is 409 Å². The Kier molecular flexibility index (Phi) is 10.1. The first-order chi connectivity index (χ1) is 31.6. The fourth-order valence-electron chi connectivity index (χ4n) is 11.5. The van der Waals surface area contributed by atoms with Crippen LogP contribution < -0.4 is 16.2 Å². The van der Waals surface area contributed by atoms with Gasteiger partial charge in [0.25, 0.3) is 0 Å². The van der Waals surface area contributed by atoms with Crippen molar-refractivity contribution in [3.63, 3.8) is 0 Å². The van der Waals surface area contributed by atoms with E-state index >= 15 is 0 Å². The molecular weight excluding hydrogens is 848 g/mol. The van der Waals surface area contributed by atoms with Gasteiger partial charge in [-0.2, -0.15) is 0 Å². The summed E-state index contributed by atoms with van der Waals surface area (Å²) < 4.78 is 2.61. The molecule has 2 nitrogen and oxygen atoms in total. The van der Waals surface area contributed by atoms with Crippen LogP contribution in [-0.4, -0.2) is 11.8 Å². The van der Waals surface area contributed by atoms with E-state index in [1.165, 1.54) is 143 Å². The van der Waals surface area contributed by atoms with E-state index < -0.39 is 0 Å². The summed E-state index contributed by atoms with van der Waals surface area (Å²) in [6.07, 6.45) is 2.38. The van der Waals surface area contributed by atoms with Crippen molar-refractivity contribution in [3.05, 3.63) is 148 Å². The number of nitrogens with zero attached hydrogens (tertiary/aromatic N) is 1. The maximum absolute atomic E-state index is 4.19. The summed E-state index contributed by atoms with van der Waals surface area (Å²) in [6, 6.07) is 40.8. The normalized spacial score (nSPS) is 15.7. The van der Waals surface area contributed by atoms with Crippen molar-refractivity contribution < 1.29 is 0 Å². The molecule has 5 heteroatoms. The minimum atomic E-state index is -0.0284. The van der Waals surface area contributed by atoms with Crippen LogP contribution >= 0.6 is 23.5 Å². The van der Waals surface area contributed by atoms with Crippen molar-refractivity contribution in [1.82, 2.24) is 4.57 Å². The van der Waals surface area contributed by atoms with Gasteiger partial charge in [-0.1, -0.05) is 146 Å². The lowest BCUT2D eigenvalue weighted by Crippen LogP contribution is -2.38. The topological polar surface area (TPSA) is 17.0 Å². The highest BCUT2D eigenvalue weighted by Gasteiger charge is 2.38. The molecule has 0 spiro atoms. The first-order valence-corrected chi connectivity index (χ1v) is 26.0. The first-order valence-electron chi connectivity index (χ1n) is 24.4. The molecule has 67 heavy (non-hydrogen) atoms. The molecule has 0 amide bonds. The summed E-state index contributed by atoms with van der Waals surface area (Å²) in [5, 5.41) is 6.85. The Morgan fingerprint density at radius 3 is 1.82 bits per heavy atom. The van der Waals surface area contributed by atoms with E-state index in [9.17, 15) is 0 Å². The number of hydrogen-bond acceptors (Lipinski definition) is 3. The molecule has 0 atom stereocenters. The maximum atomic E-state index is 4.19. The number of nitrogens with one attached hydrogen (secondary N) is 1. The van der Waals surface area contributed by atoms with Crippen LogP contribution in [0.25, 0.3) is 49.7 Å². The summed E-state index contributed by atoms with van der Waals surface area (Å²) >= 11 is 3.80. The van der Waals surface area contributed by atoms with Gasteiger partial charge in [0, 0.05) is 58.5 Å². The predicted octanol–water partition coefficient (Wildman–Crippen LogP) is 16.6. The molecule has 1 N–H and O–H groups in total. The van der Waals surface area contributed by atoms with Gasteiger partial charge >= 0.3 is 0 Å². The highest BCUT2D eigenvalue weighted by Crippen LogP contribution is 2.53. The van der Waals surface area contributed by atoms with Crippen LogP contribution in [0, 0.1) is 27.7 Å². The van der Waals surface area contributed by atoms with Crippen LogP contribution in [0.15, 0.2) is 123 Å². The number of aryl methyl sites for hydroxylation is 4. The van der Waals surface area contributed by atoms with E-state index in [1.807, 2.05) is 23.5 Å². The second-order valence-electron chi connectivity index (χ2n) is 23.5. The number of anilines is 2. The Morgan fingerprint density at radius 1 is 0.567 bits per heavy atom. The second kappa shape index (κ2) is 15.2. The molecule has 8 aromatic rings. The van der Waals surface area contributed by atoms with Crippen LogP contribution in [0.4, 0.5) is 11.4 Å². The summed E-state index contributed by atoms with van der Waals surface area (Å²) in [5.74, 6) is 0. The molecule has 1 aromatic heterocycles. The molecule has 337 valence electrons. The fraction of sp³-hybridized carbons (Fsp3) is 0.323. The number of rotatable bonds is 4. The number of benzene rings is 7. The van der Waals surface area contributed by atoms with Crippen LogP contribution in [-0.2, 0) is 21.7 Å². The Bertz CT molecular complexity index is 3400. The summed E-state index contributed by atoms with van der Waals surface area (Å²) in [7, 11) is 2.53. The quantitative estimate of drug-likeness (QED) is 0.177. The Balaban J connectivity index is 1.23. The third-order valence-corrected chi connectivity index (χ3v) is 17.9. The third kappa shape index (κ3) is 7.32. The molecule has 2 aliphatic heterocycles. The van der Waals surface area contributed by atoms with Crippen molar-refractivity contribution in [2.24, 2.45) is 0 Å². The van der Waals surface area contributed by atoms with Gasteiger partial charge in [-0.25, -0.2) is 0 Å². The van der Waals surface area contributed by atoms with Gasteiger partial charge in [0.15, 0.2) is 7.28 Å². The molecule has 1 radical (unpaired) electrons. The zero-order valence-electron chi connectivity index (χ0n) is 42.1. The molecule has 0 saturated carbocycles. The minimum absolute atomic E-state index is 0.0210. The molecule has 0 saturated heterocycles. The summed E-state index contributed by atoms with van der Waals surface area (Å²) in [5.41, 5.74) is 24.8. The molecule has 1 aliphatic carbocycles. The maximum Gasteiger partial charge on any atom is 0.197 e. The Hall–Kier alpha value is -5.10. The zero-order valence-corrected chi connectivity index (χ0v) is 43.7. The van der Waals surface area contributed by atoms with Gasteiger partial charge in [-0.3, -0.25) is 0 Å². The Morgan fingerprint density at radius 2 is 1.18 bits per heavy atom. The van der Waals surface area contributed by atoms with E-state index in [2.05, 4.69) is 217 Å². The number of hydrogen-bond donors (Lipinski definition) is 1. The van der Waals surface area contributed by atoms with Crippen molar-refractivity contribution in [2.75, 3.05) is 5.32 Å². The molecule has 0 unspecified atom stereocenters. The number of fused-ring (bicyclic) bond motifs is 8. The third-order valence-electron chi connectivity index (χ3n) is 15.4.